The number of hydrogen-bond donors (Lipinski definition) is 0. The second kappa shape index (κ2) is 5.93. The lowest BCUT2D eigenvalue weighted by molar-refractivity contribution is -0.124. The maximum absolute atomic E-state index is 12.0. The van der Waals surface area contributed by atoms with Crippen LogP contribution in [0.25, 0.3) is 0 Å². The van der Waals surface area contributed by atoms with E-state index in [-0.39, 0.29) is 11.6 Å². The van der Waals surface area contributed by atoms with Crippen molar-refractivity contribution >= 4 is 27.4 Å². The number of nitrogens with zero attached hydrogens (tertiary/aromatic N) is 2. The Balaban J connectivity index is 3.33. The lowest BCUT2D eigenvalue weighted by atomic mass is 9.95. The Morgan fingerprint density at radius 1 is 1.19 bits per heavy atom. The molecule has 0 spiro atoms. The van der Waals surface area contributed by atoms with E-state index in [1.54, 1.807) is 27.7 Å². The van der Waals surface area contributed by atoms with E-state index in [2.05, 4.69) is 9.39 Å². The van der Waals surface area contributed by atoms with Gasteiger partial charge in [-0.15, -0.1) is 0 Å². The third-order valence-corrected chi connectivity index (χ3v) is 3.22. The van der Waals surface area contributed by atoms with E-state index in [1.165, 1.54) is 19.3 Å². The summed E-state index contributed by atoms with van der Waals surface area (Å²) in [7, 11) is -2.07. The summed E-state index contributed by atoms with van der Waals surface area (Å²) in [5.74, 6) is 0.0606. The van der Waals surface area contributed by atoms with E-state index in [0.29, 0.717) is 17.0 Å². The molecule has 0 saturated carbocycles. The van der Waals surface area contributed by atoms with Gasteiger partial charge in [0.25, 0.3) is 15.9 Å². The minimum Gasteiger partial charge on any atom is -0.494 e. The van der Waals surface area contributed by atoms with E-state index >= 15 is 0 Å². The molecular formula is C14H20N2O4S. The first-order chi connectivity index (χ1) is 9.45. The van der Waals surface area contributed by atoms with Gasteiger partial charge in [-0.05, 0) is 19.1 Å². The molecule has 0 aromatic rings. The Kier molecular flexibility index (Phi) is 4.88. The van der Waals surface area contributed by atoms with Gasteiger partial charge in [-0.2, -0.15) is 4.40 Å². The van der Waals surface area contributed by atoms with E-state index in [4.69, 9.17) is 4.74 Å². The number of carbonyl (C=O) groups excluding carboxylic acids is 1. The standard InChI is InChI=1S/C14H20N2O4S/c1-9-10(16-21(6,18)19)7-8-11(12(9)20-5)15-13(17)14(2,3)4/h7-8H,1-6H3/b15-11?,16-10+. The molecule has 0 N–H and O–H groups in total. The predicted molar refractivity (Wildman–Crippen MR) is 83.0 cm³/mol. The Hall–Kier alpha value is -1.76. The minimum absolute atomic E-state index is 0.275. The van der Waals surface area contributed by atoms with Crippen molar-refractivity contribution in [2.75, 3.05) is 13.4 Å². The predicted octanol–water partition coefficient (Wildman–Crippen LogP) is 1.89. The van der Waals surface area contributed by atoms with E-state index < -0.39 is 15.4 Å². The molecule has 116 valence electrons. The number of ether oxygens (including phenoxy) is 1. The Bertz CT molecular complexity index is 674. The lowest BCUT2D eigenvalue weighted by Crippen LogP contribution is -2.22. The van der Waals surface area contributed by atoms with Crippen LogP contribution >= 0.6 is 0 Å². The molecule has 1 aliphatic carbocycles. The number of amides is 1. The van der Waals surface area contributed by atoms with Crippen molar-refractivity contribution in [3.05, 3.63) is 23.5 Å². The zero-order chi connectivity index (χ0) is 16.4. The lowest BCUT2D eigenvalue weighted by Gasteiger charge is -2.18. The highest BCUT2D eigenvalue weighted by Crippen LogP contribution is 2.21. The van der Waals surface area contributed by atoms with Crippen molar-refractivity contribution in [1.29, 1.82) is 0 Å². The van der Waals surface area contributed by atoms with Gasteiger partial charge in [0.05, 0.1) is 19.1 Å². The van der Waals surface area contributed by atoms with Gasteiger partial charge in [0.1, 0.15) is 11.5 Å². The molecule has 0 fully saturated rings. The first kappa shape index (κ1) is 17.3. The molecule has 0 atom stereocenters. The Morgan fingerprint density at radius 3 is 2.14 bits per heavy atom. The van der Waals surface area contributed by atoms with Crippen molar-refractivity contribution in [1.82, 2.24) is 0 Å². The first-order valence-corrected chi connectivity index (χ1v) is 8.17. The smallest absolute Gasteiger partial charge is 0.251 e. The first-order valence-electron chi connectivity index (χ1n) is 6.32. The summed E-state index contributed by atoms with van der Waals surface area (Å²) in [6.45, 7) is 6.98. The average molecular weight is 312 g/mol. The van der Waals surface area contributed by atoms with Crippen LogP contribution in [0.1, 0.15) is 27.7 Å². The van der Waals surface area contributed by atoms with Crippen molar-refractivity contribution in [2.45, 2.75) is 27.7 Å². The van der Waals surface area contributed by atoms with Gasteiger partial charge < -0.3 is 4.74 Å². The Labute approximate surface area is 125 Å². The fourth-order valence-corrected chi connectivity index (χ4v) is 2.12. The van der Waals surface area contributed by atoms with E-state index in [1.807, 2.05) is 0 Å². The van der Waals surface area contributed by atoms with Crippen LogP contribution in [0.3, 0.4) is 0 Å². The molecule has 0 aromatic heterocycles. The third kappa shape index (κ3) is 4.63. The number of methoxy groups -OCH3 is 1. The molecule has 0 aromatic carbocycles. The summed E-state index contributed by atoms with van der Waals surface area (Å²) < 4.78 is 31.4. The number of aliphatic imine (C=N–C) groups is 1. The van der Waals surface area contributed by atoms with Gasteiger partial charge in [-0.25, -0.2) is 13.4 Å². The molecule has 7 heteroatoms. The molecule has 0 aliphatic heterocycles. The summed E-state index contributed by atoms with van der Waals surface area (Å²) in [4.78, 5) is 16.0. The monoisotopic (exact) mass is 312 g/mol. The quantitative estimate of drug-likeness (QED) is 0.729. The second-order valence-electron chi connectivity index (χ2n) is 5.75. The highest BCUT2D eigenvalue weighted by Gasteiger charge is 2.24. The molecule has 0 heterocycles. The fourth-order valence-electron chi connectivity index (χ4n) is 1.57. The Morgan fingerprint density at radius 2 is 1.71 bits per heavy atom. The maximum atomic E-state index is 12.0. The van der Waals surface area contributed by atoms with Crippen molar-refractivity contribution in [2.24, 2.45) is 14.8 Å². The van der Waals surface area contributed by atoms with Gasteiger partial charge in [0.15, 0.2) is 0 Å². The van der Waals surface area contributed by atoms with Gasteiger partial charge in [0.2, 0.25) is 0 Å². The zero-order valence-corrected chi connectivity index (χ0v) is 13.9. The number of sulfonamides is 1. The van der Waals surface area contributed by atoms with Crippen LogP contribution in [0.2, 0.25) is 0 Å². The molecule has 0 radical (unpaired) electrons. The van der Waals surface area contributed by atoms with E-state index in [9.17, 15) is 13.2 Å². The molecule has 1 aliphatic rings. The van der Waals surface area contributed by atoms with Crippen LogP contribution < -0.4 is 0 Å². The number of rotatable bonds is 2. The average Bonchev–Trinajstić information content (AvgIpc) is 2.30. The van der Waals surface area contributed by atoms with E-state index in [0.717, 1.165) is 6.26 Å². The summed E-state index contributed by atoms with van der Waals surface area (Å²) in [6, 6.07) is 0. The van der Waals surface area contributed by atoms with Crippen LogP contribution in [-0.2, 0) is 19.6 Å². The zero-order valence-electron chi connectivity index (χ0n) is 13.1. The summed E-state index contributed by atoms with van der Waals surface area (Å²) in [5, 5.41) is 0. The summed E-state index contributed by atoms with van der Waals surface area (Å²) >= 11 is 0. The van der Waals surface area contributed by atoms with Gasteiger partial charge in [-0.3, -0.25) is 4.79 Å². The maximum Gasteiger partial charge on any atom is 0.251 e. The second-order valence-corrected chi connectivity index (χ2v) is 7.40. The molecule has 0 bridgehead atoms. The molecular weight excluding hydrogens is 292 g/mol. The highest BCUT2D eigenvalue weighted by molar-refractivity contribution is 7.89. The molecule has 21 heavy (non-hydrogen) atoms. The topological polar surface area (TPSA) is 85.2 Å². The van der Waals surface area contributed by atoms with Crippen molar-refractivity contribution in [3.8, 4) is 0 Å². The van der Waals surface area contributed by atoms with Gasteiger partial charge in [-0.1, -0.05) is 20.8 Å². The highest BCUT2D eigenvalue weighted by atomic mass is 32.2. The fraction of sp³-hybridized carbons (Fsp3) is 0.500. The third-order valence-electron chi connectivity index (χ3n) is 2.69. The SMILES string of the molecule is COC1=C(C)/C(=N/S(C)(=O)=O)C=CC1=NC(=O)C(C)(C)C. The summed E-state index contributed by atoms with van der Waals surface area (Å²) in [6.07, 6.45) is 4.05. The van der Waals surface area contributed by atoms with Crippen LogP contribution in [0.4, 0.5) is 0 Å². The van der Waals surface area contributed by atoms with Crippen LogP contribution in [0.5, 0.6) is 0 Å². The molecule has 0 saturated heterocycles. The van der Waals surface area contributed by atoms with Crippen LogP contribution in [0.15, 0.2) is 32.9 Å². The molecule has 1 amide bonds. The van der Waals surface area contributed by atoms with Crippen molar-refractivity contribution < 1.29 is 17.9 Å². The molecule has 1 rings (SSSR count). The van der Waals surface area contributed by atoms with Gasteiger partial charge >= 0.3 is 0 Å². The largest absolute Gasteiger partial charge is 0.494 e. The molecule has 6 nitrogen and oxygen atoms in total. The number of allylic oxidation sites excluding steroid dienone is 3. The van der Waals surface area contributed by atoms with Crippen molar-refractivity contribution in [3.63, 3.8) is 0 Å². The number of hydrogen-bond acceptors (Lipinski definition) is 4. The summed E-state index contributed by atoms with van der Waals surface area (Å²) in [5.41, 5.74) is 0.555. The van der Waals surface area contributed by atoms with Gasteiger partial charge in [0, 0.05) is 11.0 Å². The normalized spacial score (nSPS) is 20.3. The van der Waals surface area contributed by atoms with Crippen LogP contribution in [-0.4, -0.2) is 39.1 Å². The van der Waals surface area contributed by atoms with Crippen LogP contribution in [0, 0.1) is 5.41 Å². The number of carbonyl (C=O) groups is 1. The minimum atomic E-state index is -3.51. The molecule has 0 unspecified atom stereocenters.